The molecule has 2 rings (SSSR count). The Balaban J connectivity index is 2.01. The van der Waals surface area contributed by atoms with E-state index >= 15 is 0 Å². The molecule has 23 heavy (non-hydrogen) atoms. The summed E-state index contributed by atoms with van der Waals surface area (Å²) in [6.45, 7) is 1.30. The zero-order valence-electron chi connectivity index (χ0n) is 12.5. The van der Waals surface area contributed by atoms with Crippen LogP contribution in [0.1, 0.15) is 16.9 Å². The van der Waals surface area contributed by atoms with E-state index in [1.54, 1.807) is 25.3 Å². The van der Waals surface area contributed by atoms with Gasteiger partial charge in [0.25, 0.3) is 5.91 Å². The number of nitrogens with zero attached hydrogens (tertiary/aromatic N) is 2. The predicted octanol–water partition coefficient (Wildman–Crippen LogP) is 3.48. The van der Waals surface area contributed by atoms with E-state index < -0.39 is 0 Å². The van der Waals surface area contributed by atoms with E-state index in [1.807, 2.05) is 0 Å². The molecule has 0 aliphatic rings. The molecular formula is C15H16Cl2N4O2. The van der Waals surface area contributed by atoms with Crippen molar-refractivity contribution in [1.29, 1.82) is 0 Å². The summed E-state index contributed by atoms with van der Waals surface area (Å²) in [5.74, 6) is 0.00696. The highest BCUT2D eigenvalue weighted by Gasteiger charge is 2.11. The topological polar surface area (TPSA) is 76.1 Å². The zero-order valence-corrected chi connectivity index (χ0v) is 14.0. The second-order valence-electron chi connectivity index (χ2n) is 4.62. The highest BCUT2D eigenvalue weighted by molar-refractivity contribution is 6.36. The van der Waals surface area contributed by atoms with E-state index in [4.69, 9.17) is 27.9 Å². The van der Waals surface area contributed by atoms with Crippen LogP contribution in [-0.4, -0.2) is 36.1 Å². The highest BCUT2D eigenvalue weighted by atomic mass is 35.5. The molecule has 6 nitrogen and oxygen atoms in total. The van der Waals surface area contributed by atoms with Crippen molar-refractivity contribution < 1.29 is 9.53 Å². The lowest BCUT2D eigenvalue weighted by molar-refractivity contribution is 0.102. The second-order valence-corrected chi connectivity index (χ2v) is 5.46. The summed E-state index contributed by atoms with van der Waals surface area (Å²) in [6.07, 6.45) is 2.33. The minimum atomic E-state index is -0.378. The van der Waals surface area contributed by atoms with E-state index in [1.165, 1.54) is 12.3 Å². The van der Waals surface area contributed by atoms with Crippen LogP contribution < -0.4 is 10.6 Å². The molecule has 0 radical (unpaired) electrons. The summed E-state index contributed by atoms with van der Waals surface area (Å²) in [7, 11) is 1.64. The molecular weight excluding hydrogens is 339 g/mol. The SMILES string of the molecule is COCCCNc1nccc(C(=O)Nc2ccc(Cl)cc2Cl)n1. The number of anilines is 2. The largest absolute Gasteiger partial charge is 0.385 e. The lowest BCUT2D eigenvalue weighted by Gasteiger charge is -2.08. The first-order valence-electron chi connectivity index (χ1n) is 6.92. The molecule has 0 aliphatic heterocycles. The van der Waals surface area contributed by atoms with Gasteiger partial charge in [0.2, 0.25) is 5.95 Å². The first-order valence-corrected chi connectivity index (χ1v) is 7.68. The van der Waals surface area contributed by atoms with Crippen LogP contribution in [0, 0.1) is 0 Å². The third-order valence-electron chi connectivity index (χ3n) is 2.88. The van der Waals surface area contributed by atoms with Gasteiger partial charge >= 0.3 is 0 Å². The number of ether oxygens (including phenoxy) is 1. The van der Waals surface area contributed by atoms with Gasteiger partial charge < -0.3 is 15.4 Å². The maximum atomic E-state index is 12.2. The van der Waals surface area contributed by atoms with Gasteiger partial charge in [-0.1, -0.05) is 23.2 Å². The fourth-order valence-corrected chi connectivity index (χ4v) is 2.22. The van der Waals surface area contributed by atoms with Crippen LogP contribution in [0.3, 0.4) is 0 Å². The summed E-state index contributed by atoms with van der Waals surface area (Å²) < 4.78 is 4.96. The number of amides is 1. The van der Waals surface area contributed by atoms with Gasteiger partial charge in [0.1, 0.15) is 5.69 Å². The molecule has 8 heteroatoms. The van der Waals surface area contributed by atoms with E-state index in [-0.39, 0.29) is 11.6 Å². The van der Waals surface area contributed by atoms with Crippen molar-refractivity contribution in [1.82, 2.24) is 9.97 Å². The third-order valence-corrected chi connectivity index (χ3v) is 3.42. The number of hydrogen-bond acceptors (Lipinski definition) is 5. The van der Waals surface area contributed by atoms with Gasteiger partial charge in [-0.15, -0.1) is 0 Å². The second kappa shape index (κ2) is 8.67. The Morgan fingerprint density at radius 2 is 2.13 bits per heavy atom. The Labute approximate surface area is 144 Å². The van der Waals surface area contributed by atoms with E-state index in [9.17, 15) is 4.79 Å². The van der Waals surface area contributed by atoms with Crippen LogP contribution in [0.15, 0.2) is 30.5 Å². The number of rotatable bonds is 7. The van der Waals surface area contributed by atoms with Gasteiger partial charge in [0.05, 0.1) is 10.7 Å². The van der Waals surface area contributed by atoms with Crippen molar-refractivity contribution in [2.45, 2.75) is 6.42 Å². The smallest absolute Gasteiger partial charge is 0.274 e. The molecule has 1 heterocycles. The molecule has 0 aliphatic carbocycles. The first-order chi connectivity index (χ1) is 11.1. The quantitative estimate of drug-likeness (QED) is 0.744. The predicted molar refractivity (Wildman–Crippen MR) is 91.4 cm³/mol. The first kappa shape index (κ1) is 17.5. The van der Waals surface area contributed by atoms with E-state index in [0.29, 0.717) is 34.8 Å². The standard InChI is InChI=1S/C15H16Cl2N4O2/c1-23-8-2-6-18-15-19-7-5-13(21-15)14(22)20-12-4-3-10(16)9-11(12)17/h3-5,7,9H,2,6,8H2,1H3,(H,20,22)(H,18,19,21). The average Bonchev–Trinajstić information content (AvgIpc) is 2.54. The van der Waals surface area contributed by atoms with Crippen molar-refractivity contribution in [2.24, 2.45) is 0 Å². The number of carbonyl (C=O) groups is 1. The molecule has 0 atom stereocenters. The van der Waals surface area contributed by atoms with Gasteiger partial charge in [0.15, 0.2) is 0 Å². The number of methoxy groups -OCH3 is 1. The van der Waals surface area contributed by atoms with Crippen molar-refractivity contribution in [3.63, 3.8) is 0 Å². The van der Waals surface area contributed by atoms with Gasteiger partial charge in [0, 0.05) is 31.5 Å². The molecule has 0 saturated heterocycles. The Bertz CT molecular complexity index is 682. The van der Waals surface area contributed by atoms with E-state index in [2.05, 4.69) is 20.6 Å². The Morgan fingerprint density at radius 1 is 1.30 bits per heavy atom. The Hall–Kier alpha value is -1.89. The number of halogens is 2. The molecule has 1 aromatic carbocycles. The third kappa shape index (κ3) is 5.35. The van der Waals surface area contributed by atoms with Crippen LogP contribution in [0.25, 0.3) is 0 Å². The van der Waals surface area contributed by atoms with Crippen LogP contribution >= 0.6 is 23.2 Å². The molecule has 1 aromatic heterocycles. The number of carbonyl (C=O) groups excluding carboxylic acids is 1. The minimum Gasteiger partial charge on any atom is -0.385 e. The van der Waals surface area contributed by atoms with Crippen molar-refractivity contribution in [3.8, 4) is 0 Å². The Morgan fingerprint density at radius 3 is 2.87 bits per heavy atom. The van der Waals surface area contributed by atoms with Crippen molar-refractivity contribution >= 4 is 40.7 Å². The van der Waals surface area contributed by atoms with Crippen LogP contribution in [0.2, 0.25) is 10.0 Å². The molecule has 0 spiro atoms. The number of nitrogens with one attached hydrogen (secondary N) is 2. The van der Waals surface area contributed by atoms with Gasteiger partial charge in [-0.3, -0.25) is 4.79 Å². The van der Waals surface area contributed by atoms with Gasteiger partial charge in [-0.05, 0) is 30.7 Å². The summed E-state index contributed by atoms with van der Waals surface area (Å²) in [6, 6.07) is 6.36. The number of hydrogen-bond donors (Lipinski definition) is 2. The number of aromatic nitrogens is 2. The lowest BCUT2D eigenvalue weighted by atomic mass is 10.3. The van der Waals surface area contributed by atoms with E-state index in [0.717, 1.165) is 6.42 Å². The summed E-state index contributed by atoms with van der Waals surface area (Å²) in [5.41, 5.74) is 0.703. The fraction of sp³-hybridized carbons (Fsp3) is 0.267. The van der Waals surface area contributed by atoms with Crippen molar-refractivity contribution in [2.75, 3.05) is 30.9 Å². The van der Waals surface area contributed by atoms with Crippen molar-refractivity contribution in [3.05, 3.63) is 46.2 Å². The average molecular weight is 355 g/mol. The number of benzene rings is 1. The summed E-state index contributed by atoms with van der Waals surface area (Å²) >= 11 is 11.9. The molecule has 0 bridgehead atoms. The normalized spacial score (nSPS) is 10.4. The molecule has 0 fully saturated rings. The maximum absolute atomic E-state index is 12.2. The lowest BCUT2D eigenvalue weighted by Crippen LogP contribution is -2.16. The maximum Gasteiger partial charge on any atom is 0.274 e. The molecule has 0 unspecified atom stereocenters. The molecule has 1 amide bonds. The molecule has 2 N–H and O–H groups in total. The molecule has 2 aromatic rings. The monoisotopic (exact) mass is 354 g/mol. The minimum absolute atomic E-state index is 0.236. The van der Waals surface area contributed by atoms with Crippen LogP contribution in [0.4, 0.5) is 11.6 Å². The zero-order chi connectivity index (χ0) is 16.7. The fourth-order valence-electron chi connectivity index (χ4n) is 1.76. The van der Waals surface area contributed by atoms with Gasteiger partial charge in [-0.2, -0.15) is 0 Å². The molecule has 122 valence electrons. The summed E-state index contributed by atoms with van der Waals surface area (Å²) in [5, 5.41) is 6.58. The van der Waals surface area contributed by atoms with Crippen LogP contribution in [-0.2, 0) is 4.74 Å². The molecule has 0 saturated carbocycles. The summed E-state index contributed by atoms with van der Waals surface area (Å²) in [4.78, 5) is 20.5. The van der Waals surface area contributed by atoms with Crippen LogP contribution in [0.5, 0.6) is 0 Å². The van der Waals surface area contributed by atoms with Gasteiger partial charge in [-0.25, -0.2) is 9.97 Å². The Kier molecular flexibility index (Phi) is 6.58. The highest BCUT2D eigenvalue weighted by Crippen LogP contribution is 2.25.